The largest absolute Gasteiger partial charge is 0.356 e. The Labute approximate surface area is 155 Å². The molecule has 6 heteroatoms. The number of rotatable bonds is 6. The molecule has 0 aliphatic heterocycles. The van der Waals surface area contributed by atoms with Crippen LogP contribution in [0.1, 0.15) is 44.1 Å². The molecular weight excluding hydrogens is 336 g/mol. The van der Waals surface area contributed by atoms with Crippen molar-refractivity contribution in [2.24, 2.45) is 4.99 Å². The average molecular weight is 365 g/mol. The van der Waals surface area contributed by atoms with Gasteiger partial charge in [-0.15, -0.1) is 0 Å². The van der Waals surface area contributed by atoms with Crippen molar-refractivity contribution in [3.8, 4) is 0 Å². The first kappa shape index (κ1) is 19.6. The molecular formula is C19H29ClN4O. The lowest BCUT2D eigenvalue weighted by Gasteiger charge is -2.24. The summed E-state index contributed by atoms with van der Waals surface area (Å²) in [5, 5.41) is 7.13. The van der Waals surface area contributed by atoms with Crippen LogP contribution in [0, 0.1) is 0 Å². The van der Waals surface area contributed by atoms with Gasteiger partial charge in [0.25, 0.3) is 0 Å². The normalized spacial score (nSPS) is 15.7. The van der Waals surface area contributed by atoms with Gasteiger partial charge >= 0.3 is 0 Å². The fourth-order valence-electron chi connectivity index (χ4n) is 3.18. The van der Waals surface area contributed by atoms with Crippen molar-refractivity contribution < 1.29 is 4.79 Å². The Morgan fingerprint density at radius 2 is 2.00 bits per heavy atom. The Kier molecular flexibility index (Phi) is 8.06. The molecule has 5 nitrogen and oxygen atoms in total. The average Bonchev–Trinajstić information content (AvgIpc) is 2.61. The maximum absolute atomic E-state index is 12.1. The molecule has 0 unspecified atom stereocenters. The third-order valence-corrected chi connectivity index (χ3v) is 4.91. The Morgan fingerprint density at radius 3 is 2.68 bits per heavy atom. The van der Waals surface area contributed by atoms with E-state index in [4.69, 9.17) is 11.6 Å². The molecule has 1 fully saturated rings. The summed E-state index contributed by atoms with van der Waals surface area (Å²) in [4.78, 5) is 18.3. The number of hydrogen-bond acceptors (Lipinski definition) is 2. The lowest BCUT2D eigenvalue weighted by molar-refractivity contribution is -0.121. The molecule has 0 radical (unpaired) electrons. The summed E-state index contributed by atoms with van der Waals surface area (Å²) in [5.74, 6) is 0.869. The van der Waals surface area contributed by atoms with Gasteiger partial charge in [-0.1, -0.05) is 49.1 Å². The first-order chi connectivity index (χ1) is 12.1. The summed E-state index contributed by atoms with van der Waals surface area (Å²) in [6.45, 7) is 1.23. The Morgan fingerprint density at radius 1 is 1.28 bits per heavy atom. The molecule has 1 aliphatic rings. The summed E-state index contributed by atoms with van der Waals surface area (Å²) in [6, 6.07) is 8.15. The van der Waals surface area contributed by atoms with Gasteiger partial charge in [0, 0.05) is 44.7 Å². The van der Waals surface area contributed by atoms with Gasteiger partial charge < -0.3 is 15.5 Å². The zero-order chi connectivity index (χ0) is 18.1. The highest BCUT2D eigenvalue weighted by atomic mass is 35.5. The molecule has 1 amide bonds. The van der Waals surface area contributed by atoms with E-state index in [1.54, 1.807) is 7.05 Å². The number of hydrogen-bond donors (Lipinski definition) is 2. The minimum absolute atomic E-state index is 0.114. The van der Waals surface area contributed by atoms with Crippen LogP contribution < -0.4 is 10.6 Å². The molecule has 1 aromatic rings. The Bertz CT molecular complexity index is 585. The van der Waals surface area contributed by atoms with E-state index in [1.807, 2.05) is 36.2 Å². The fourth-order valence-corrected chi connectivity index (χ4v) is 3.37. The van der Waals surface area contributed by atoms with E-state index >= 15 is 0 Å². The minimum atomic E-state index is 0.114. The highest BCUT2D eigenvalue weighted by molar-refractivity contribution is 6.31. The van der Waals surface area contributed by atoms with Gasteiger partial charge in [0.15, 0.2) is 5.96 Å². The maximum Gasteiger partial charge on any atom is 0.221 e. The van der Waals surface area contributed by atoms with Crippen LogP contribution in [0.5, 0.6) is 0 Å². The molecule has 0 heterocycles. The van der Waals surface area contributed by atoms with Crippen LogP contribution in [-0.2, 0) is 11.3 Å². The summed E-state index contributed by atoms with van der Waals surface area (Å²) in [5.41, 5.74) is 1.05. The zero-order valence-electron chi connectivity index (χ0n) is 15.2. The van der Waals surface area contributed by atoms with Gasteiger partial charge in [0.1, 0.15) is 0 Å². The van der Waals surface area contributed by atoms with Gasteiger partial charge in [0.2, 0.25) is 5.91 Å². The summed E-state index contributed by atoms with van der Waals surface area (Å²) >= 11 is 6.21. The third-order valence-electron chi connectivity index (χ3n) is 4.54. The summed E-state index contributed by atoms with van der Waals surface area (Å²) in [7, 11) is 3.70. The van der Waals surface area contributed by atoms with Gasteiger partial charge in [-0.2, -0.15) is 0 Å². The van der Waals surface area contributed by atoms with Crippen molar-refractivity contribution >= 4 is 23.5 Å². The van der Waals surface area contributed by atoms with Crippen LogP contribution in [0.15, 0.2) is 29.3 Å². The molecule has 1 saturated carbocycles. The lowest BCUT2D eigenvalue weighted by atomic mass is 9.95. The van der Waals surface area contributed by atoms with Crippen molar-refractivity contribution in [3.63, 3.8) is 0 Å². The number of amides is 1. The van der Waals surface area contributed by atoms with Crippen LogP contribution in [0.4, 0.5) is 0 Å². The van der Waals surface area contributed by atoms with Crippen LogP contribution in [-0.4, -0.2) is 43.4 Å². The number of aliphatic imine (C=N–C) groups is 1. The van der Waals surface area contributed by atoms with Crippen LogP contribution in [0.3, 0.4) is 0 Å². The van der Waals surface area contributed by atoms with E-state index in [9.17, 15) is 4.79 Å². The maximum atomic E-state index is 12.1. The van der Waals surface area contributed by atoms with Crippen molar-refractivity contribution in [2.75, 3.05) is 20.6 Å². The van der Waals surface area contributed by atoms with E-state index in [1.165, 1.54) is 19.3 Å². The first-order valence-electron chi connectivity index (χ1n) is 9.04. The number of guanidine groups is 1. The second-order valence-corrected chi connectivity index (χ2v) is 6.98. The zero-order valence-corrected chi connectivity index (χ0v) is 16.0. The van der Waals surface area contributed by atoms with Crippen LogP contribution in [0.2, 0.25) is 5.02 Å². The van der Waals surface area contributed by atoms with Crippen LogP contribution in [0.25, 0.3) is 0 Å². The van der Waals surface area contributed by atoms with Crippen molar-refractivity contribution in [2.45, 2.75) is 51.1 Å². The Hall–Kier alpha value is -1.75. The minimum Gasteiger partial charge on any atom is -0.356 e. The van der Waals surface area contributed by atoms with Gasteiger partial charge in [-0.3, -0.25) is 9.79 Å². The number of nitrogens with zero attached hydrogens (tertiary/aromatic N) is 2. The number of nitrogens with one attached hydrogen (secondary N) is 2. The van der Waals surface area contributed by atoms with Crippen molar-refractivity contribution in [3.05, 3.63) is 34.9 Å². The Balaban J connectivity index is 1.74. The number of halogens is 1. The molecule has 0 bridgehead atoms. The third kappa shape index (κ3) is 6.58. The monoisotopic (exact) mass is 364 g/mol. The molecule has 0 atom stereocenters. The molecule has 2 N–H and O–H groups in total. The van der Waals surface area contributed by atoms with Gasteiger partial charge in [-0.25, -0.2) is 0 Å². The SMILES string of the molecule is CN=C(NCCC(=O)NC1CCCCC1)N(C)Cc1ccccc1Cl. The lowest BCUT2D eigenvalue weighted by Crippen LogP contribution is -2.41. The molecule has 138 valence electrons. The smallest absolute Gasteiger partial charge is 0.221 e. The summed E-state index contributed by atoms with van der Waals surface area (Å²) in [6.07, 6.45) is 6.42. The number of benzene rings is 1. The second kappa shape index (κ2) is 10.3. The topological polar surface area (TPSA) is 56.7 Å². The number of carbonyl (C=O) groups excluding carboxylic acids is 1. The molecule has 25 heavy (non-hydrogen) atoms. The molecule has 2 rings (SSSR count). The highest BCUT2D eigenvalue weighted by Gasteiger charge is 2.15. The van der Waals surface area contributed by atoms with E-state index in [2.05, 4.69) is 15.6 Å². The molecule has 0 aromatic heterocycles. The standard InChI is InChI=1S/C19H29ClN4O/c1-21-19(24(2)14-15-8-6-7-11-17(15)20)22-13-12-18(25)23-16-9-4-3-5-10-16/h6-8,11,16H,3-5,9-10,12-14H2,1-2H3,(H,21,22)(H,23,25). The number of carbonyl (C=O) groups is 1. The van der Waals surface area contributed by atoms with E-state index in [0.717, 1.165) is 29.4 Å². The van der Waals surface area contributed by atoms with Gasteiger partial charge in [0.05, 0.1) is 0 Å². The van der Waals surface area contributed by atoms with E-state index in [0.29, 0.717) is 25.6 Å². The fraction of sp³-hybridized carbons (Fsp3) is 0.579. The van der Waals surface area contributed by atoms with Crippen LogP contribution >= 0.6 is 11.6 Å². The van der Waals surface area contributed by atoms with Crippen molar-refractivity contribution in [1.82, 2.24) is 15.5 Å². The molecule has 1 aliphatic carbocycles. The van der Waals surface area contributed by atoms with Gasteiger partial charge in [-0.05, 0) is 24.5 Å². The second-order valence-electron chi connectivity index (χ2n) is 6.57. The van der Waals surface area contributed by atoms with E-state index in [-0.39, 0.29) is 5.91 Å². The molecule has 1 aromatic carbocycles. The molecule has 0 saturated heterocycles. The molecule has 0 spiro atoms. The van der Waals surface area contributed by atoms with Crippen molar-refractivity contribution in [1.29, 1.82) is 0 Å². The first-order valence-corrected chi connectivity index (χ1v) is 9.42. The predicted molar refractivity (Wildman–Crippen MR) is 104 cm³/mol. The highest BCUT2D eigenvalue weighted by Crippen LogP contribution is 2.17. The predicted octanol–water partition coefficient (Wildman–Crippen LogP) is 3.19. The quantitative estimate of drug-likeness (QED) is 0.602. The summed E-state index contributed by atoms with van der Waals surface area (Å²) < 4.78 is 0. The van der Waals surface area contributed by atoms with E-state index < -0.39 is 0 Å².